The third-order valence-electron chi connectivity index (χ3n) is 5.44. The Morgan fingerprint density at radius 2 is 2.19 bits per heavy atom. The van der Waals surface area contributed by atoms with Crippen LogP contribution in [-0.4, -0.2) is 79.8 Å². The largest absolute Gasteiger partial charge is 0.383 e. The van der Waals surface area contributed by atoms with Crippen molar-refractivity contribution in [1.29, 1.82) is 0 Å². The van der Waals surface area contributed by atoms with E-state index in [1.807, 2.05) is 17.0 Å². The van der Waals surface area contributed by atoms with Gasteiger partial charge in [0.25, 0.3) is 5.91 Å². The van der Waals surface area contributed by atoms with E-state index in [4.69, 9.17) is 9.47 Å². The molecule has 3 heterocycles. The van der Waals surface area contributed by atoms with Gasteiger partial charge in [-0.3, -0.25) is 9.78 Å². The quantitative estimate of drug-likeness (QED) is 0.709. The third kappa shape index (κ3) is 5.50. The molecule has 1 amide bonds. The smallest absolute Gasteiger partial charge is 0.255 e. The monoisotopic (exact) mass is 361 g/mol. The van der Waals surface area contributed by atoms with E-state index < -0.39 is 0 Å². The average molecular weight is 361 g/mol. The molecule has 2 fully saturated rings. The number of hydrogen-bond acceptors (Lipinski definition) is 5. The van der Waals surface area contributed by atoms with Gasteiger partial charge in [0.15, 0.2) is 0 Å². The van der Waals surface area contributed by atoms with Crippen LogP contribution in [0.3, 0.4) is 0 Å². The maximum Gasteiger partial charge on any atom is 0.255 e. The summed E-state index contributed by atoms with van der Waals surface area (Å²) in [6.07, 6.45) is 7.95. The van der Waals surface area contributed by atoms with Gasteiger partial charge >= 0.3 is 0 Å². The zero-order valence-electron chi connectivity index (χ0n) is 15.8. The van der Waals surface area contributed by atoms with E-state index in [0.29, 0.717) is 18.0 Å². The van der Waals surface area contributed by atoms with Gasteiger partial charge in [-0.1, -0.05) is 0 Å². The highest BCUT2D eigenvalue weighted by molar-refractivity contribution is 5.93. The fourth-order valence-electron chi connectivity index (χ4n) is 3.87. The molecule has 1 atom stereocenters. The first-order valence-corrected chi connectivity index (χ1v) is 9.78. The van der Waals surface area contributed by atoms with E-state index in [2.05, 4.69) is 9.88 Å². The van der Waals surface area contributed by atoms with E-state index in [1.165, 1.54) is 0 Å². The van der Waals surface area contributed by atoms with Gasteiger partial charge in [-0.15, -0.1) is 0 Å². The highest BCUT2D eigenvalue weighted by atomic mass is 16.5. The minimum atomic E-state index is 0.0791. The molecular formula is C20H31N3O3. The first-order chi connectivity index (χ1) is 12.8. The number of piperidine rings is 1. The van der Waals surface area contributed by atoms with Gasteiger partial charge in [0.2, 0.25) is 0 Å². The normalized spacial score (nSPS) is 21.8. The molecule has 6 heteroatoms. The van der Waals surface area contributed by atoms with Crippen LogP contribution in [-0.2, 0) is 9.47 Å². The molecule has 0 saturated carbocycles. The first-order valence-electron chi connectivity index (χ1n) is 9.78. The minimum Gasteiger partial charge on any atom is -0.383 e. The number of carbonyl (C=O) groups excluding carboxylic acids is 1. The average Bonchev–Trinajstić information content (AvgIpc) is 3.20. The Kier molecular flexibility index (Phi) is 7.41. The fourth-order valence-corrected chi connectivity index (χ4v) is 3.87. The lowest BCUT2D eigenvalue weighted by molar-refractivity contribution is 0.0436. The van der Waals surface area contributed by atoms with Crippen molar-refractivity contribution in [2.45, 2.75) is 31.8 Å². The van der Waals surface area contributed by atoms with Gasteiger partial charge in [-0.25, -0.2) is 0 Å². The summed E-state index contributed by atoms with van der Waals surface area (Å²) in [5, 5.41) is 0. The number of pyridine rings is 1. The number of amides is 1. The minimum absolute atomic E-state index is 0.0791. The van der Waals surface area contributed by atoms with Gasteiger partial charge in [0.05, 0.1) is 18.3 Å². The van der Waals surface area contributed by atoms with E-state index in [1.54, 1.807) is 19.5 Å². The van der Waals surface area contributed by atoms with E-state index in [9.17, 15) is 4.79 Å². The molecule has 0 unspecified atom stereocenters. The topological polar surface area (TPSA) is 54.9 Å². The lowest BCUT2D eigenvalue weighted by atomic mass is 9.95. The number of aromatic nitrogens is 1. The van der Waals surface area contributed by atoms with Gasteiger partial charge in [0, 0.05) is 45.7 Å². The van der Waals surface area contributed by atoms with Crippen molar-refractivity contribution in [3.63, 3.8) is 0 Å². The number of nitrogens with zero attached hydrogens (tertiary/aromatic N) is 3. The Hall–Kier alpha value is -1.50. The van der Waals surface area contributed by atoms with Crippen LogP contribution in [0.25, 0.3) is 0 Å². The van der Waals surface area contributed by atoms with Crippen molar-refractivity contribution in [2.75, 3.05) is 53.0 Å². The van der Waals surface area contributed by atoms with Crippen molar-refractivity contribution in [3.05, 3.63) is 30.1 Å². The van der Waals surface area contributed by atoms with Gasteiger partial charge in [0.1, 0.15) is 0 Å². The third-order valence-corrected chi connectivity index (χ3v) is 5.44. The zero-order valence-corrected chi connectivity index (χ0v) is 15.8. The Labute approximate surface area is 156 Å². The van der Waals surface area contributed by atoms with E-state index in [-0.39, 0.29) is 12.0 Å². The van der Waals surface area contributed by atoms with Crippen LogP contribution >= 0.6 is 0 Å². The van der Waals surface area contributed by atoms with Crippen LogP contribution in [0.4, 0.5) is 0 Å². The number of methoxy groups -OCH3 is 1. The summed E-state index contributed by atoms with van der Waals surface area (Å²) in [5.74, 6) is 0.631. The van der Waals surface area contributed by atoms with Crippen LogP contribution in [0.2, 0.25) is 0 Å². The molecule has 0 aliphatic carbocycles. The van der Waals surface area contributed by atoms with E-state index in [0.717, 1.165) is 65.1 Å². The van der Waals surface area contributed by atoms with Crippen molar-refractivity contribution in [3.8, 4) is 0 Å². The molecule has 0 aromatic carbocycles. The number of carbonyl (C=O) groups is 1. The predicted molar refractivity (Wildman–Crippen MR) is 100 cm³/mol. The zero-order chi connectivity index (χ0) is 18.2. The summed E-state index contributed by atoms with van der Waals surface area (Å²) < 4.78 is 11.0. The molecule has 1 aromatic rings. The number of rotatable bonds is 8. The summed E-state index contributed by atoms with van der Waals surface area (Å²) in [7, 11) is 1.75. The lowest BCUT2D eigenvalue weighted by Crippen LogP contribution is -2.44. The van der Waals surface area contributed by atoms with Crippen molar-refractivity contribution >= 4 is 5.91 Å². The Morgan fingerprint density at radius 1 is 1.35 bits per heavy atom. The predicted octanol–water partition coefficient (Wildman–Crippen LogP) is 2.06. The summed E-state index contributed by atoms with van der Waals surface area (Å²) in [6, 6.07) is 3.68. The summed E-state index contributed by atoms with van der Waals surface area (Å²) in [4.78, 5) is 21.6. The maximum atomic E-state index is 13.0. The van der Waals surface area contributed by atoms with Crippen LogP contribution in [0.15, 0.2) is 24.5 Å². The summed E-state index contributed by atoms with van der Waals surface area (Å²) in [5.41, 5.74) is 0.669. The van der Waals surface area contributed by atoms with E-state index >= 15 is 0 Å². The maximum absolute atomic E-state index is 13.0. The standard InChI is InChI=1S/C20H31N3O3/c1-25-13-11-22-9-6-17(7-10-22)15-23(16-19-5-3-12-26-19)20(24)18-4-2-8-21-14-18/h2,4,8,14,17,19H,3,5-7,9-13,15-16H2,1H3/t19-/m1/s1. The summed E-state index contributed by atoms with van der Waals surface area (Å²) in [6.45, 7) is 6.28. The van der Waals surface area contributed by atoms with Crippen molar-refractivity contribution < 1.29 is 14.3 Å². The molecule has 26 heavy (non-hydrogen) atoms. The van der Waals surface area contributed by atoms with Crippen LogP contribution in [0, 0.1) is 5.92 Å². The molecule has 6 nitrogen and oxygen atoms in total. The van der Waals surface area contributed by atoms with Crippen molar-refractivity contribution in [1.82, 2.24) is 14.8 Å². The first kappa shape index (κ1) is 19.3. The molecule has 2 aliphatic heterocycles. The highest BCUT2D eigenvalue weighted by Crippen LogP contribution is 2.21. The second kappa shape index (κ2) is 10.00. The molecule has 0 radical (unpaired) electrons. The van der Waals surface area contributed by atoms with Gasteiger partial charge < -0.3 is 19.3 Å². The molecule has 3 rings (SSSR count). The lowest BCUT2D eigenvalue weighted by Gasteiger charge is -2.35. The second-order valence-corrected chi connectivity index (χ2v) is 7.36. The molecule has 144 valence electrons. The molecular weight excluding hydrogens is 330 g/mol. The molecule has 1 aromatic heterocycles. The molecule has 0 spiro atoms. The van der Waals surface area contributed by atoms with Gasteiger partial charge in [-0.2, -0.15) is 0 Å². The molecule has 0 bridgehead atoms. The molecule has 2 aliphatic rings. The second-order valence-electron chi connectivity index (χ2n) is 7.36. The van der Waals surface area contributed by atoms with Gasteiger partial charge in [-0.05, 0) is 56.8 Å². The summed E-state index contributed by atoms with van der Waals surface area (Å²) >= 11 is 0. The Balaban J connectivity index is 1.58. The SMILES string of the molecule is COCCN1CCC(CN(C[C@H]2CCCO2)C(=O)c2cccnc2)CC1. The Morgan fingerprint density at radius 3 is 2.85 bits per heavy atom. The van der Waals surface area contributed by atoms with Crippen molar-refractivity contribution in [2.24, 2.45) is 5.92 Å². The molecule has 0 N–H and O–H groups in total. The Bertz CT molecular complexity index is 540. The number of hydrogen-bond donors (Lipinski definition) is 0. The fraction of sp³-hybridized carbons (Fsp3) is 0.700. The number of likely N-dealkylation sites (tertiary alicyclic amines) is 1. The van der Waals surface area contributed by atoms with Crippen LogP contribution in [0.5, 0.6) is 0 Å². The number of ether oxygens (including phenoxy) is 2. The molecule has 2 saturated heterocycles. The van der Waals surface area contributed by atoms with Crippen LogP contribution in [0.1, 0.15) is 36.0 Å². The van der Waals surface area contributed by atoms with Crippen LogP contribution < -0.4 is 0 Å². The highest BCUT2D eigenvalue weighted by Gasteiger charge is 2.27.